The number of rotatable bonds is 6. The van der Waals surface area contributed by atoms with Gasteiger partial charge in [0.25, 0.3) is 0 Å². The molecule has 1 rings (SSSR count). The molecule has 3 nitrogen and oxygen atoms in total. The first-order valence-electron chi connectivity index (χ1n) is 4.85. The van der Waals surface area contributed by atoms with Gasteiger partial charge in [0.05, 0.1) is 6.26 Å². The molecule has 1 aromatic rings. The Morgan fingerprint density at radius 2 is 2.36 bits per heavy atom. The first-order valence-corrected chi connectivity index (χ1v) is 5.23. The van der Waals surface area contributed by atoms with E-state index in [2.05, 4.69) is 24.2 Å². The number of halogens is 1. The molecule has 0 spiro atoms. The number of nitrogens with one attached hydrogen (secondary N) is 1. The fourth-order valence-electron chi connectivity index (χ4n) is 1.25. The quantitative estimate of drug-likeness (QED) is 0.738. The van der Waals surface area contributed by atoms with Crippen molar-refractivity contribution in [2.75, 3.05) is 26.7 Å². The topological polar surface area (TPSA) is 28.4 Å². The van der Waals surface area contributed by atoms with Crippen molar-refractivity contribution in [1.29, 1.82) is 0 Å². The third-order valence-corrected chi connectivity index (χ3v) is 2.39. The molecule has 1 heterocycles. The summed E-state index contributed by atoms with van der Waals surface area (Å²) >= 11 is 5.84. The highest BCUT2D eigenvalue weighted by Crippen LogP contribution is 2.17. The first-order chi connectivity index (χ1) is 6.74. The molecule has 4 heteroatoms. The molecule has 0 aliphatic heterocycles. The highest BCUT2D eigenvalue weighted by atomic mass is 35.5. The largest absolute Gasteiger partial charge is 0.453 e. The van der Waals surface area contributed by atoms with Gasteiger partial charge in [-0.15, -0.1) is 0 Å². The van der Waals surface area contributed by atoms with Gasteiger partial charge in [-0.1, -0.05) is 6.92 Å². The van der Waals surface area contributed by atoms with Crippen molar-refractivity contribution >= 4 is 11.6 Å². The number of furan rings is 1. The lowest BCUT2D eigenvalue weighted by atomic mass is 10.3. The van der Waals surface area contributed by atoms with Crippen molar-refractivity contribution in [3.05, 3.63) is 23.1 Å². The van der Waals surface area contributed by atoms with Gasteiger partial charge in [0, 0.05) is 25.2 Å². The Bertz CT molecular complexity index is 262. The monoisotopic (exact) mass is 216 g/mol. The fourth-order valence-corrected chi connectivity index (χ4v) is 1.42. The molecule has 0 unspecified atom stereocenters. The Morgan fingerprint density at radius 1 is 1.57 bits per heavy atom. The van der Waals surface area contributed by atoms with Crippen LogP contribution in [0.1, 0.15) is 12.5 Å². The summed E-state index contributed by atoms with van der Waals surface area (Å²) in [6.07, 6.45) is 1.62. The van der Waals surface area contributed by atoms with E-state index in [0.29, 0.717) is 5.22 Å². The molecule has 0 bridgehead atoms. The standard InChI is InChI=1S/C10H17ClN2O/c1-3-12-5-6-13(2)8-9-4-7-14-10(9)11/h4,7,12H,3,5-6,8H2,1-2H3. The number of hydrogen-bond acceptors (Lipinski definition) is 3. The maximum atomic E-state index is 5.84. The number of likely N-dealkylation sites (N-methyl/N-ethyl adjacent to an activating group) is 2. The van der Waals surface area contributed by atoms with Crippen LogP contribution in [0.4, 0.5) is 0 Å². The van der Waals surface area contributed by atoms with Crippen LogP contribution in [0.3, 0.4) is 0 Å². The van der Waals surface area contributed by atoms with Crippen LogP contribution in [0.25, 0.3) is 0 Å². The molecular formula is C10H17ClN2O. The molecule has 80 valence electrons. The van der Waals surface area contributed by atoms with Gasteiger partial charge >= 0.3 is 0 Å². The second-order valence-corrected chi connectivity index (χ2v) is 3.65. The Morgan fingerprint density at radius 3 is 2.93 bits per heavy atom. The van der Waals surface area contributed by atoms with Gasteiger partial charge in [-0.25, -0.2) is 0 Å². The second-order valence-electron chi connectivity index (χ2n) is 3.31. The Balaban J connectivity index is 2.27. The van der Waals surface area contributed by atoms with Crippen LogP contribution in [-0.4, -0.2) is 31.6 Å². The van der Waals surface area contributed by atoms with E-state index in [4.69, 9.17) is 16.0 Å². The molecule has 0 saturated carbocycles. The second kappa shape index (κ2) is 6.06. The van der Waals surface area contributed by atoms with Crippen LogP contribution in [-0.2, 0) is 6.54 Å². The van der Waals surface area contributed by atoms with Gasteiger partial charge in [0.15, 0.2) is 5.22 Å². The van der Waals surface area contributed by atoms with Gasteiger partial charge in [-0.2, -0.15) is 0 Å². The lowest BCUT2D eigenvalue weighted by molar-refractivity contribution is 0.324. The highest BCUT2D eigenvalue weighted by Gasteiger charge is 2.05. The highest BCUT2D eigenvalue weighted by molar-refractivity contribution is 6.29. The minimum Gasteiger partial charge on any atom is -0.453 e. The van der Waals surface area contributed by atoms with E-state index in [9.17, 15) is 0 Å². The molecule has 0 amide bonds. The van der Waals surface area contributed by atoms with Crippen molar-refractivity contribution in [2.45, 2.75) is 13.5 Å². The SMILES string of the molecule is CCNCCN(C)Cc1ccoc1Cl. The van der Waals surface area contributed by atoms with Crippen molar-refractivity contribution in [2.24, 2.45) is 0 Å². The van der Waals surface area contributed by atoms with Crippen molar-refractivity contribution < 1.29 is 4.42 Å². The van der Waals surface area contributed by atoms with Gasteiger partial charge in [0.1, 0.15) is 0 Å². The van der Waals surface area contributed by atoms with Crippen LogP contribution in [0.5, 0.6) is 0 Å². The van der Waals surface area contributed by atoms with Gasteiger partial charge in [0.2, 0.25) is 0 Å². The summed E-state index contributed by atoms with van der Waals surface area (Å²) < 4.78 is 5.01. The average molecular weight is 217 g/mol. The zero-order chi connectivity index (χ0) is 10.4. The molecule has 0 radical (unpaired) electrons. The summed E-state index contributed by atoms with van der Waals surface area (Å²) in [5.74, 6) is 0. The Labute approximate surface area is 90.0 Å². The Kier molecular flexibility index (Phi) is 5.01. The molecule has 0 aliphatic rings. The van der Waals surface area contributed by atoms with Gasteiger partial charge in [-0.05, 0) is 31.3 Å². The van der Waals surface area contributed by atoms with E-state index in [-0.39, 0.29) is 0 Å². The third-order valence-electron chi connectivity index (χ3n) is 2.05. The molecular weight excluding hydrogens is 200 g/mol. The normalized spacial score (nSPS) is 11.1. The van der Waals surface area contributed by atoms with E-state index >= 15 is 0 Å². The zero-order valence-electron chi connectivity index (χ0n) is 8.72. The summed E-state index contributed by atoms with van der Waals surface area (Å²) in [6, 6.07) is 1.91. The lowest BCUT2D eigenvalue weighted by Gasteiger charge is -2.15. The summed E-state index contributed by atoms with van der Waals surface area (Å²) in [6.45, 7) is 5.96. The first kappa shape index (κ1) is 11.6. The molecule has 1 N–H and O–H groups in total. The maximum Gasteiger partial charge on any atom is 0.197 e. The predicted molar refractivity (Wildman–Crippen MR) is 58.6 cm³/mol. The van der Waals surface area contributed by atoms with E-state index < -0.39 is 0 Å². The average Bonchev–Trinajstić information content (AvgIpc) is 2.52. The number of nitrogens with zero attached hydrogens (tertiary/aromatic N) is 1. The summed E-state index contributed by atoms with van der Waals surface area (Å²) in [5, 5.41) is 3.78. The molecule has 14 heavy (non-hydrogen) atoms. The smallest absolute Gasteiger partial charge is 0.197 e. The van der Waals surface area contributed by atoms with Gasteiger partial charge < -0.3 is 14.6 Å². The van der Waals surface area contributed by atoms with Crippen LogP contribution < -0.4 is 5.32 Å². The summed E-state index contributed by atoms with van der Waals surface area (Å²) in [4.78, 5) is 2.21. The van der Waals surface area contributed by atoms with Crippen molar-refractivity contribution in [1.82, 2.24) is 10.2 Å². The van der Waals surface area contributed by atoms with E-state index in [1.807, 2.05) is 6.07 Å². The zero-order valence-corrected chi connectivity index (χ0v) is 9.47. The minimum atomic E-state index is 0.500. The van der Waals surface area contributed by atoms with Crippen LogP contribution in [0.2, 0.25) is 5.22 Å². The van der Waals surface area contributed by atoms with Crippen molar-refractivity contribution in [3.63, 3.8) is 0 Å². The fraction of sp³-hybridized carbons (Fsp3) is 0.600. The van der Waals surface area contributed by atoms with Crippen LogP contribution >= 0.6 is 11.6 Å². The van der Waals surface area contributed by atoms with Crippen molar-refractivity contribution in [3.8, 4) is 0 Å². The molecule has 0 saturated heterocycles. The number of hydrogen-bond donors (Lipinski definition) is 1. The Hall–Kier alpha value is -0.510. The maximum absolute atomic E-state index is 5.84. The summed E-state index contributed by atoms with van der Waals surface area (Å²) in [5.41, 5.74) is 1.05. The van der Waals surface area contributed by atoms with E-state index in [1.165, 1.54) is 0 Å². The molecule has 0 aliphatic carbocycles. The van der Waals surface area contributed by atoms with E-state index in [0.717, 1.165) is 31.7 Å². The summed E-state index contributed by atoms with van der Waals surface area (Å²) in [7, 11) is 2.07. The molecule has 1 aromatic heterocycles. The molecule has 0 fully saturated rings. The van der Waals surface area contributed by atoms with Gasteiger partial charge in [-0.3, -0.25) is 0 Å². The molecule has 0 aromatic carbocycles. The van der Waals surface area contributed by atoms with Crippen LogP contribution in [0, 0.1) is 0 Å². The lowest BCUT2D eigenvalue weighted by Crippen LogP contribution is -2.28. The van der Waals surface area contributed by atoms with Crippen LogP contribution in [0.15, 0.2) is 16.7 Å². The minimum absolute atomic E-state index is 0.500. The predicted octanol–water partition coefficient (Wildman–Crippen LogP) is 1.97. The molecule has 0 atom stereocenters. The van der Waals surface area contributed by atoms with E-state index in [1.54, 1.807) is 6.26 Å². The third kappa shape index (κ3) is 3.70.